The number of imide groups is 1. The van der Waals surface area contributed by atoms with Crippen molar-refractivity contribution < 1.29 is 33.4 Å². The van der Waals surface area contributed by atoms with Crippen molar-refractivity contribution in [2.24, 2.45) is 0 Å². The minimum atomic E-state index is -0.550. The third kappa shape index (κ3) is 4.84. The third-order valence-corrected chi connectivity index (χ3v) is 2.99. The quantitative estimate of drug-likeness (QED) is 0.303. The fraction of sp³-hybridized carbons (Fsp3) is 0.438. The van der Waals surface area contributed by atoms with Gasteiger partial charge < -0.3 is 19.0 Å². The minimum absolute atomic E-state index is 0.0532. The molecule has 1 heterocycles. The first kappa shape index (κ1) is 18.0. The summed E-state index contributed by atoms with van der Waals surface area (Å²) in [6, 6.07) is 8.26. The molecule has 0 unspecified atom stereocenters. The summed E-state index contributed by atoms with van der Waals surface area (Å²) in [5.41, 5.74) is 0.415. The normalized spacial score (nSPS) is 13.1. The van der Waals surface area contributed by atoms with Crippen LogP contribution >= 0.6 is 0 Å². The molecule has 128 valence electrons. The molecular formula is C16H17NO7. The van der Waals surface area contributed by atoms with Gasteiger partial charge in [-0.1, -0.05) is 12.1 Å². The highest BCUT2D eigenvalue weighted by atomic mass is 16.7. The van der Waals surface area contributed by atoms with Gasteiger partial charge in [0.2, 0.25) is 0 Å². The van der Waals surface area contributed by atoms with Crippen molar-refractivity contribution in [3.8, 4) is 0 Å². The highest BCUT2D eigenvalue weighted by molar-refractivity contribution is 6.20. The summed E-state index contributed by atoms with van der Waals surface area (Å²) >= 11 is 0. The molecule has 24 heavy (non-hydrogen) atoms. The molecule has 1 aromatic rings. The summed E-state index contributed by atoms with van der Waals surface area (Å²) in [6.07, 6.45) is 0.674. The first-order valence-electron chi connectivity index (χ1n) is 7.36. The lowest BCUT2D eigenvalue weighted by molar-refractivity contribution is -0.113. The number of ether oxygens (including phenoxy) is 3. The molecule has 0 fully saturated rings. The van der Waals surface area contributed by atoms with Gasteiger partial charge in [0, 0.05) is 0 Å². The fourth-order valence-electron chi connectivity index (χ4n) is 1.92. The van der Waals surface area contributed by atoms with Crippen LogP contribution in [0.3, 0.4) is 0 Å². The third-order valence-electron chi connectivity index (χ3n) is 2.99. The Kier molecular flexibility index (Phi) is 7.32. The topological polar surface area (TPSA) is 91.4 Å². The van der Waals surface area contributed by atoms with Crippen LogP contribution in [0.5, 0.6) is 0 Å². The van der Waals surface area contributed by atoms with Crippen LogP contribution in [0, 0.1) is 12.1 Å². The van der Waals surface area contributed by atoms with Crippen LogP contribution in [0.15, 0.2) is 12.1 Å². The second-order valence-electron chi connectivity index (χ2n) is 4.60. The summed E-state index contributed by atoms with van der Waals surface area (Å²) in [5, 5.41) is 0.708. The summed E-state index contributed by atoms with van der Waals surface area (Å²) in [4.78, 5) is 39.1. The second-order valence-corrected chi connectivity index (χ2v) is 4.60. The Morgan fingerprint density at radius 3 is 2.29 bits per heavy atom. The number of hydrogen-bond acceptors (Lipinski definition) is 7. The number of hydroxylamine groups is 2. The lowest BCUT2D eigenvalue weighted by atomic mass is 10.2. The number of amides is 2. The predicted octanol–water partition coefficient (Wildman–Crippen LogP) is 0.0633. The number of fused-ring (bicyclic) bond motifs is 1. The zero-order chi connectivity index (χ0) is 17.2. The van der Waals surface area contributed by atoms with E-state index in [1.165, 1.54) is 12.1 Å². The SMILES string of the molecule is O=CCOCCOCCOCCON1C(=O)c2c#cccc2C1=O. The molecule has 0 saturated carbocycles. The Labute approximate surface area is 139 Å². The number of aldehydes is 1. The van der Waals surface area contributed by atoms with Crippen LogP contribution < -0.4 is 0 Å². The average Bonchev–Trinajstić information content (AvgIpc) is 2.84. The van der Waals surface area contributed by atoms with E-state index in [1.54, 1.807) is 0 Å². The van der Waals surface area contributed by atoms with E-state index in [0.717, 1.165) is 0 Å². The van der Waals surface area contributed by atoms with Gasteiger partial charge in [-0.2, -0.15) is 0 Å². The molecule has 2 rings (SSSR count). The summed E-state index contributed by atoms with van der Waals surface area (Å²) in [7, 11) is 0. The molecule has 0 spiro atoms. The van der Waals surface area contributed by atoms with E-state index >= 15 is 0 Å². The minimum Gasteiger partial charge on any atom is -0.377 e. The van der Waals surface area contributed by atoms with Crippen molar-refractivity contribution in [1.29, 1.82) is 0 Å². The lowest BCUT2D eigenvalue weighted by Gasteiger charge is -2.13. The zero-order valence-electron chi connectivity index (χ0n) is 13.0. The Morgan fingerprint density at radius 1 is 0.958 bits per heavy atom. The molecule has 1 aliphatic rings. The monoisotopic (exact) mass is 335 g/mol. The van der Waals surface area contributed by atoms with Gasteiger partial charge >= 0.3 is 0 Å². The van der Waals surface area contributed by atoms with E-state index in [4.69, 9.17) is 19.0 Å². The number of rotatable bonds is 12. The molecular weight excluding hydrogens is 318 g/mol. The highest BCUT2D eigenvalue weighted by Crippen LogP contribution is 2.20. The van der Waals surface area contributed by atoms with Gasteiger partial charge in [-0.25, -0.2) is 0 Å². The Balaban J connectivity index is 1.54. The number of nitrogens with zero attached hydrogens (tertiary/aromatic N) is 1. The Bertz CT molecular complexity index is 540. The smallest absolute Gasteiger partial charge is 0.294 e. The van der Waals surface area contributed by atoms with Crippen LogP contribution in [0.1, 0.15) is 20.7 Å². The van der Waals surface area contributed by atoms with Crippen molar-refractivity contribution >= 4 is 18.1 Å². The van der Waals surface area contributed by atoms with E-state index in [9.17, 15) is 14.4 Å². The van der Waals surface area contributed by atoms with Gasteiger partial charge in [-0.15, -0.1) is 5.06 Å². The van der Waals surface area contributed by atoms with Crippen LogP contribution in [0.4, 0.5) is 0 Å². The molecule has 2 amide bonds. The molecule has 1 aromatic carbocycles. The summed E-state index contributed by atoms with van der Waals surface area (Å²) < 4.78 is 15.4. The molecule has 1 aliphatic heterocycles. The first-order chi connectivity index (χ1) is 11.8. The van der Waals surface area contributed by atoms with Crippen LogP contribution in [-0.4, -0.2) is 69.4 Å². The number of carbonyl (C=O) groups is 3. The lowest BCUT2D eigenvalue weighted by Crippen LogP contribution is -2.31. The second kappa shape index (κ2) is 9.75. The van der Waals surface area contributed by atoms with E-state index in [1.807, 2.05) is 0 Å². The molecule has 0 N–H and O–H groups in total. The standard InChI is InChI=1S/C16H17NO7/c18-5-6-21-7-8-22-9-10-23-11-12-24-17-15(19)13-3-1-2-4-14(13)16(17)20/h1,3,5H,6-12H2. The molecule has 0 bridgehead atoms. The van der Waals surface area contributed by atoms with Crippen molar-refractivity contribution in [3.05, 3.63) is 35.4 Å². The van der Waals surface area contributed by atoms with Crippen LogP contribution in [0.2, 0.25) is 0 Å². The van der Waals surface area contributed by atoms with E-state index in [-0.39, 0.29) is 30.9 Å². The van der Waals surface area contributed by atoms with Crippen molar-refractivity contribution in [1.82, 2.24) is 5.06 Å². The van der Waals surface area contributed by atoms with Gasteiger partial charge in [0.15, 0.2) is 0 Å². The maximum atomic E-state index is 12.0. The van der Waals surface area contributed by atoms with Gasteiger partial charge in [0.1, 0.15) is 18.5 Å². The number of carbonyl (C=O) groups excluding carboxylic acids is 3. The average molecular weight is 335 g/mol. The largest absolute Gasteiger partial charge is 0.377 e. The van der Waals surface area contributed by atoms with E-state index in [0.29, 0.717) is 37.8 Å². The Morgan fingerprint density at radius 2 is 1.62 bits per heavy atom. The van der Waals surface area contributed by atoms with Crippen molar-refractivity contribution in [2.75, 3.05) is 46.2 Å². The Hall–Kier alpha value is -2.31. The molecule has 8 nitrogen and oxygen atoms in total. The summed E-state index contributed by atoms with van der Waals surface area (Å²) in [5.74, 6) is -1.07. The molecule has 0 radical (unpaired) electrons. The van der Waals surface area contributed by atoms with Gasteiger partial charge in [0.05, 0.1) is 45.2 Å². The van der Waals surface area contributed by atoms with Crippen molar-refractivity contribution in [2.45, 2.75) is 0 Å². The van der Waals surface area contributed by atoms with Crippen molar-refractivity contribution in [3.63, 3.8) is 0 Å². The fourth-order valence-corrected chi connectivity index (χ4v) is 1.92. The molecule has 0 atom stereocenters. The van der Waals surface area contributed by atoms with Gasteiger partial charge in [0.25, 0.3) is 11.8 Å². The molecule has 8 heteroatoms. The van der Waals surface area contributed by atoms with Crippen LogP contribution in [0.25, 0.3) is 0 Å². The molecule has 0 saturated heterocycles. The van der Waals surface area contributed by atoms with E-state index in [2.05, 4.69) is 12.1 Å². The maximum Gasteiger partial charge on any atom is 0.294 e. The first-order valence-corrected chi connectivity index (χ1v) is 7.36. The predicted molar refractivity (Wildman–Crippen MR) is 79.1 cm³/mol. The summed E-state index contributed by atoms with van der Waals surface area (Å²) in [6.45, 7) is 1.73. The highest BCUT2D eigenvalue weighted by Gasteiger charge is 2.36. The van der Waals surface area contributed by atoms with Gasteiger partial charge in [-0.3, -0.25) is 14.4 Å². The van der Waals surface area contributed by atoms with Gasteiger partial charge in [-0.05, 0) is 12.1 Å². The number of hydrogen-bond donors (Lipinski definition) is 0. The molecule has 0 aliphatic carbocycles. The maximum absolute atomic E-state index is 12.0. The molecule has 0 aromatic heterocycles. The van der Waals surface area contributed by atoms with E-state index < -0.39 is 11.8 Å². The van der Waals surface area contributed by atoms with Crippen LogP contribution in [-0.2, 0) is 23.8 Å². The zero-order valence-corrected chi connectivity index (χ0v) is 13.0.